The fourth-order valence-corrected chi connectivity index (χ4v) is 3.25. The Kier molecular flexibility index (Phi) is 4.15. The van der Waals surface area contributed by atoms with Gasteiger partial charge in [0.1, 0.15) is 5.01 Å². The fourth-order valence-electron chi connectivity index (χ4n) is 2.45. The Bertz CT molecular complexity index is 686. The van der Waals surface area contributed by atoms with Gasteiger partial charge in [-0.25, -0.2) is 4.98 Å². The Morgan fingerprint density at radius 2 is 2.27 bits per heavy atom. The van der Waals surface area contributed by atoms with Crippen LogP contribution in [0, 0.1) is 5.92 Å². The molecule has 1 N–H and O–H groups in total. The number of hydrogen-bond acceptors (Lipinski definition) is 5. The maximum atomic E-state index is 12.2. The molecule has 0 aromatic carbocycles. The first-order chi connectivity index (χ1) is 10.6. The largest absolute Gasteiger partial charge is 0.481 e. The molecular weight excluding hydrogens is 302 g/mol. The summed E-state index contributed by atoms with van der Waals surface area (Å²) >= 11 is 1.45. The van der Waals surface area contributed by atoms with Crippen molar-refractivity contribution >= 4 is 23.2 Å². The first-order valence-electron chi connectivity index (χ1n) is 7.00. The molecule has 1 fully saturated rings. The lowest BCUT2D eigenvalue weighted by molar-refractivity contribution is -0.141. The van der Waals surface area contributed by atoms with E-state index in [0.717, 1.165) is 10.7 Å². The second kappa shape index (κ2) is 6.23. The summed E-state index contributed by atoms with van der Waals surface area (Å²) in [5.41, 5.74) is 1.49. The van der Waals surface area contributed by atoms with Crippen LogP contribution >= 0.6 is 11.3 Å². The van der Waals surface area contributed by atoms with Crippen molar-refractivity contribution in [3.63, 3.8) is 0 Å². The number of aromatic nitrogens is 2. The summed E-state index contributed by atoms with van der Waals surface area (Å²) in [6, 6.07) is 5.61. The summed E-state index contributed by atoms with van der Waals surface area (Å²) in [5.74, 6) is -1.34. The molecule has 0 radical (unpaired) electrons. The Morgan fingerprint density at radius 3 is 2.95 bits per heavy atom. The maximum absolute atomic E-state index is 12.2. The van der Waals surface area contributed by atoms with E-state index in [1.807, 2.05) is 23.6 Å². The quantitative estimate of drug-likeness (QED) is 0.927. The third-order valence-corrected chi connectivity index (χ3v) is 4.57. The third-order valence-electron chi connectivity index (χ3n) is 3.66. The molecule has 0 saturated carbocycles. The van der Waals surface area contributed by atoms with Crippen molar-refractivity contribution in [2.24, 2.45) is 5.92 Å². The smallest absolute Gasteiger partial charge is 0.308 e. The topological polar surface area (TPSA) is 83.4 Å². The molecule has 2 aromatic heterocycles. The van der Waals surface area contributed by atoms with Gasteiger partial charge in [0.15, 0.2) is 0 Å². The van der Waals surface area contributed by atoms with Crippen LogP contribution < -0.4 is 0 Å². The fraction of sp³-hybridized carbons (Fsp3) is 0.333. The van der Waals surface area contributed by atoms with Crippen LogP contribution in [0.1, 0.15) is 12.1 Å². The van der Waals surface area contributed by atoms with Crippen LogP contribution in [0.4, 0.5) is 0 Å². The highest BCUT2D eigenvalue weighted by Crippen LogP contribution is 2.23. The molecule has 1 unspecified atom stereocenters. The molecule has 1 atom stereocenters. The van der Waals surface area contributed by atoms with Crippen molar-refractivity contribution in [3.8, 4) is 10.7 Å². The van der Waals surface area contributed by atoms with Gasteiger partial charge in [0, 0.05) is 24.7 Å². The average molecular weight is 317 g/mol. The van der Waals surface area contributed by atoms with Crippen molar-refractivity contribution in [2.75, 3.05) is 13.1 Å². The summed E-state index contributed by atoms with van der Waals surface area (Å²) < 4.78 is 0. The molecular formula is C15H15N3O3S. The second-order valence-corrected chi connectivity index (χ2v) is 6.06. The Morgan fingerprint density at radius 1 is 1.41 bits per heavy atom. The number of nitrogens with zero attached hydrogens (tertiary/aromatic N) is 3. The summed E-state index contributed by atoms with van der Waals surface area (Å²) in [6.07, 6.45) is 2.44. The van der Waals surface area contributed by atoms with Crippen LogP contribution in [0.5, 0.6) is 0 Å². The van der Waals surface area contributed by atoms with Gasteiger partial charge >= 0.3 is 5.97 Å². The molecule has 2 aromatic rings. The molecule has 22 heavy (non-hydrogen) atoms. The van der Waals surface area contributed by atoms with Gasteiger partial charge in [-0.05, 0) is 18.6 Å². The average Bonchev–Trinajstić information content (AvgIpc) is 3.17. The minimum absolute atomic E-state index is 0.0679. The number of aliphatic carboxylic acids is 1. The van der Waals surface area contributed by atoms with Crippen molar-refractivity contribution in [2.45, 2.75) is 12.8 Å². The molecule has 1 aliphatic heterocycles. The summed E-state index contributed by atoms with van der Waals surface area (Å²) in [6.45, 7) is 0.804. The molecule has 3 heterocycles. The number of carboxylic acids is 1. The number of thiazole rings is 1. The van der Waals surface area contributed by atoms with Crippen molar-refractivity contribution in [1.82, 2.24) is 14.9 Å². The number of amides is 1. The minimum atomic E-state index is -0.832. The van der Waals surface area contributed by atoms with E-state index in [0.29, 0.717) is 25.2 Å². The molecule has 1 aliphatic rings. The SMILES string of the molecule is O=C(O)C1CCN(C(=O)Cc2csc(-c3ccccn3)n2)C1. The molecule has 1 saturated heterocycles. The van der Waals surface area contributed by atoms with Crippen LogP contribution in [0.15, 0.2) is 29.8 Å². The van der Waals surface area contributed by atoms with Crippen molar-refractivity contribution < 1.29 is 14.7 Å². The number of carbonyl (C=O) groups excluding carboxylic acids is 1. The lowest BCUT2D eigenvalue weighted by atomic mass is 10.1. The predicted octanol–water partition coefficient (Wildman–Crippen LogP) is 1.68. The first kappa shape index (κ1) is 14.6. The molecule has 0 bridgehead atoms. The number of carbonyl (C=O) groups is 2. The highest BCUT2D eigenvalue weighted by molar-refractivity contribution is 7.13. The summed E-state index contributed by atoms with van der Waals surface area (Å²) in [5, 5.41) is 11.6. The van der Waals surface area contributed by atoms with Crippen molar-refractivity contribution in [3.05, 3.63) is 35.5 Å². The molecule has 0 spiro atoms. The summed E-state index contributed by atoms with van der Waals surface area (Å²) in [4.78, 5) is 33.4. The third kappa shape index (κ3) is 3.14. The Balaban J connectivity index is 1.63. The monoisotopic (exact) mass is 317 g/mol. The number of pyridine rings is 1. The van der Waals surface area contributed by atoms with Crippen LogP contribution in [0.3, 0.4) is 0 Å². The molecule has 6 nitrogen and oxygen atoms in total. The van der Waals surface area contributed by atoms with Crippen molar-refractivity contribution in [1.29, 1.82) is 0 Å². The molecule has 3 rings (SSSR count). The lowest BCUT2D eigenvalue weighted by Crippen LogP contribution is -2.31. The Hall–Kier alpha value is -2.28. The van der Waals surface area contributed by atoms with E-state index in [-0.39, 0.29) is 12.3 Å². The number of hydrogen-bond donors (Lipinski definition) is 1. The van der Waals surface area contributed by atoms with E-state index in [9.17, 15) is 9.59 Å². The first-order valence-corrected chi connectivity index (χ1v) is 7.88. The minimum Gasteiger partial charge on any atom is -0.481 e. The molecule has 7 heteroatoms. The van der Waals surface area contributed by atoms with Gasteiger partial charge in [-0.3, -0.25) is 14.6 Å². The standard InChI is InChI=1S/C15H15N3O3S/c19-13(18-6-4-10(8-18)15(20)21)7-11-9-22-14(17-11)12-3-1-2-5-16-12/h1-3,5,9-10H,4,6-8H2,(H,20,21). The van der Waals surface area contributed by atoms with Gasteiger partial charge in [-0.15, -0.1) is 11.3 Å². The van der Waals surface area contributed by atoms with E-state index in [4.69, 9.17) is 5.11 Å². The normalized spacial score (nSPS) is 17.6. The number of rotatable bonds is 4. The van der Waals surface area contributed by atoms with Gasteiger partial charge in [0.25, 0.3) is 0 Å². The van der Waals surface area contributed by atoms with E-state index in [2.05, 4.69) is 9.97 Å². The highest BCUT2D eigenvalue weighted by atomic mass is 32.1. The van der Waals surface area contributed by atoms with E-state index < -0.39 is 11.9 Å². The van der Waals surface area contributed by atoms with E-state index in [1.54, 1.807) is 11.1 Å². The summed E-state index contributed by atoms with van der Waals surface area (Å²) in [7, 11) is 0. The van der Waals surface area contributed by atoms with Gasteiger partial charge in [0.2, 0.25) is 5.91 Å². The van der Waals surface area contributed by atoms with Gasteiger partial charge < -0.3 is 10.0 Å². The van der Waals surface area contributed by atoms with Gasteiger partial charge in [-0.2, -0.15) is 0 Å². The number of carboxylic acid groups (broad SMARTS) is 1. The van der Waals surface area contributed by atoms with Crippen LogP contribution in [-0.2, 0) is 16.0 Å². The zero-order chi connectivity index (χ0) is 15.5. The van der Waals surface area contributed by atoms with Crippen LogP contribution in [0.25, 0.3) is 10.7 Å². The van der Waals surface area contributed by atoms with Crippen LogP contribution in [0.2, 0.25) is 0 Å². The van der Waals surface area contributed by atoms with Gasteiger partial charge in [0.05, 0.1) is 23.7 Å². The van der Waals surface area contributed by atoms with E-state index in [1.165, 1.54) is 11.3 Å². The predicted molar refractivity (Wildman–Crippen MR) is 81.4 cm³/mol. The lowest BCUT2D eigenvalue weighted by Gasteiger charge is -2.14. The zero-order valence-electron chi connectivity index (χ0n) is 11.8. The molecule has 114 valence electrons. The Labute approximate surface area is 131 Å². The highest BCUT2D eigenvalue weighted by Gasteiger charge is 2.30. The maximum Gasteiger partial charge on any atom is 0.308 e. The van der Waals surface area contributed by atoms with Gasteiger partial charge in [-0.1, -0.05) is 6.07 Å². The second-order valence-electron chi connectivity index (χ2n) is 5.20. The van der Waals surface area contributed by atoms with Crippen LogP contribution in [-0.4, -0.2) is 44.9 Å². The molecule has 1 amide bonds. The van der Waals surface area contributed by atoms with E-state index >= 15 is 0 Å². The molecule has 0 aliphatic carbocycles. The number of likely N-dealkylation sites (tertiary alicyclic amines) is 1. The zero-order valence-corrected chi connectivity index (χ0v) is 12.6.